The molecule has 32 heavy (non-hydrogen) atoms. The van der Waals surface area contributed by atoms with Crippen LogP contribution in [0.25, 0.3) is 11.3 Å². The zero-order chi connectivity index (χ0) is 22.7. The number of benzene rings is 2. The van der Waals surface area contributed by atoms with E-state index in [-0.39, 0.29) is 11.3 Å². The van der Waals surface area contributed by atoms with Crippen LogP contribution in [0.2, 0.25) is 0 Å². The first kappa shape index (κ1) is 21.4. The van der Waals surface area contributed by atoms with E-state index in [1.165, 1.54) is 36.0 Å². The highest BCUT2D eigenvalue weighted by molar-refractivity contribution is 6.00. The van der Waals surface area contributed by atoms with Gasteiger partial charge in [0.05, 0.1) is 18.9 Å². The van der Waals surface area contributed by atoms with Crippen LogP contribution in [0.1, 0.15) is 23.7 Å². The largest absolute Gasteiger partial charge is 0.490 e. The lowest BCUT2D eigenvalue weighted by Crippen LogP contribution is -2.30. The molecule has 166 valence electrons. The number of carbonyl (C=O) groups excluding carboxylic acids is 2. The third-order valence-electron chi connectivity index (χ3n) is 4.85. The second kappa shape index (κ2) is 9.09. The average Bonchev–Trinajstić information content (AvgIpc) is 3.02. The van der Waals surface area contributed by atoms with Gasteiger partial charge in [-0.1, -0.05) is 12.1 Å². The summed E-state index contributed by atoms with van der Waals surface area (Å²) in [6.45, 7) is 2.51. The predicted molar refractivity (Wildman–Crippen MR) is 114 cm³/mol. The molecule has 1 atom stereocenters. The highest BCUT2D eigenvalue weighted by Gasteiger charge is 2.25. The van der Waals surface area contributed by atoms with E-state index in [4.69, 9.17) is 14.2 Å². The standard InChI is InChI=1S/C23H22FN3O5/c1-14(22(28)25-18-7-4-3-6-17(18)24)32-23(29)16-13-27(2)26-21(16)15-8-9-19-20(12-15)31-11-5-10-30-19/h3-4,6-9,12-14H,5,10-11H2,1-2H3,(H,25,28). The van der Waals surface area contributed by atoms with Gasteiger partial charge in [-0.15, -0.1) is 0 Å². The zero-order valence-corrected chi connectivity index (χ0v) is 17.6. The minimum atomic E-state index is -1.15. The maximum Gasteiger partial charge on any atom is 0.342 e. The number of hydrogen-bond acceptors (Lipinski definition) is 6. The van der Waals surface area contributed by atoms with Crippen LogP contribution in [0.4, 0.5) is 10.1 Å². The van der Waals surface area contributed by atoms with Crippen LogP contribution in [0.5, 0.6) is 11.5 Å². The van der Waals surface area contributed by atoms with Gasteiger partial charge in [0.2, 0.25) is 0 Å². The van der Waals surface area contributed by atoms with E-state index in [9.17, 15) is 14.0 Å². The lowest BCUT2D eigenvalue weighted by molar-refractivity contribution is -0.123. The second-order valence-corrected chi connectivity index (χ2v) is 7.29. The monoisotopic (exact) mass is 439 g/mol. The molecule has 1 unspecified atom stereocenters. The van der Waals surface area contributed by atoms with Crippen LogP contribution >= 0.6 is 0 Å². The number of nitrogens with one attached hydrogen (secondary N) is 1. The Balaban J connectivity index is 1.52. The number of anilines is 1. The van der Waals surface area contributed by atoms with Crippen molar-refractivity contribution in [3.63, 3.8) is 0 Å². The maximum absolute atomic E-state index is 13.8. The quantitative estimate of drug-likeness (QED) is 0.611. The van der Waals surface area contributed by atoms with Crippen LogP contribution in [0.3, 0.4) is 0 Å². The van der Waals surface area contributed by atoms with Crippen LogP contribution in [-0.4, -0.2) is 41.0 Å². The first-order valence-corrected chi connectivity index (χ1v) is 10.1. The third-order valence-corrected chi connectivity index (χ3v) is 4.85. The number of amides is 1. The van der Waals surface area contributed by atoms with Crippen molar-refractivity contribution >= 4 is 17.6 Å². The summed E-state index contributed by atoms with van der Waals surface area (Å²) >= 11 is 0. The summed E-state index contributed by atoms with van der Waals surface area (Å²) in [5.41, 5.74) is 1.22. The molecule has 4 rings (SSSR count). The number of nitrogens with zero attached hydrogens (tertiary/aromatic N) is 2. The molecule has 0 saturated carbocycles. The van der Waals surface area contributed by atoms with Crippen LogP contribution in [0, 0.1) is 5.82 Å². The van der Waals surface area contributed by atoms with Crippen molar-refractivity contribution in [2.24, 2.45) is 7.05 Å². The number of halogens is 1. The molecule has 3 aromatic rings. The van der Waals surface area contributed by atoms with E-state index >= 15 is 0 Å². The van der Waals surface area contributed by atoms with Crippen molar-refractivity contribution in [1.29, 1.82) is 0 Å². The van der Waals surface area contributed by atoms with E-state index in [1.807, 2.05) is 0 Å². The molecule has 0 fully saturated rings. The van der Waals surface area contributed by atoms with Gasteiger partial charge < -0.3 is 19.5 Å². The Morgan fingerprint density at radius 3 is 2.69 bits per heavy atom. The van der Waals surface area contributed by atoms with Gasteiger partial charge in [0, 0.05) is 25.2 Å². The first-order valence-electron chi connectivity index (χ1n) is 10.1. The molecule has 2 aromatic carbocycles. The maximum atomic E-state index is 13.8. The molecule has 1 aromatic heterocycles. The van der Waals surface area contributed by atoms with Gasteiger partial charge in [-0.25, -0.2) is 9.18 Å². The number of carbonyl (C=O) groups is 2. The smallest absolute Gasteiger partial charge is 0.342 e. The fourth-order valence-corrected chi connectivity index (χ4v) is 3.24. The fraction of sp³-hybridized carbons (Fsp3) is 0.261. The van der Waals surface area contributed by atoms with Crippen LogP contribution in [-0.2, 0) is 16.6 Å². The number of esters is 1. The molecule has 0 aliphatic carbocycles. The second-order valence-electron chi connectivity index (χ2n) is 7.29. The Labute approximate surface area is 183 Å². The van der Waals surface area contributed by atoms with Gasteiger partial charge >= 0.3 is 5.97 Å². The Kier molecular flexibility index (Phi) is 6.07. The molecule has 0 spiro atoms. The lowest BCUT2D eigenvalue weighted by Gasteiger charge is -2.14. The molecule has 2 heterocycles. The van der Waals surface area contributed by atoms with E-state index < -0.39 is 23.8 Å². The molecule has 0 saturated heterocycles. The molecule has 1 amide bonds. The van der Waals surface area contributed by atoms with Gasteiger partial charge in [-0.3, -0.25) is 9.48 Å². The molecule has 0 bridgehead atoms. The first-order chi connectivity index (χ1) is 15.4. The van der Waals surface area contributed by atoms with Gasteiger partial charge in [0.1, 0.15) is 17.1 Å². The Morgan fingerprint density at radius 2 is 1.91 bits per heavy atom. The average molecular weight is 439 g/mol. The molecule has 1 aliphatic heterocycles. The zero-order valence-electron chi connectivity index (χ0n) is 17.6. The number of aromatic nitrogens is 2. The SMILES string of the molecule is CC(OC(=O)c1cn(C)nc1-c1ccc2c(c1)OCCCO2)C(=O)Nc1ccccc1F. The number of fused-ring (bicyclic) bond motifs is 1. The highest BCUT2D eigenvalue weighted by Crippen LogP contribution is 2.35. The van der Waals surface area contributed by atoms with Crippen molar-refractivity contribution < 1.29 is 28.2 Å². The Hall–Kier alpha value is -3.88. The fourth-order valence-electron chi connectivity index (χ4n) is 3.24. The lowest BCUT2D eigenvalue weighted by atomic mass is 10.1. The summed E-state index contributed by atoms with van der Waals surface area (Å²) in [6.07, 6.45) is 1.14. The van der Waals surface area contributed by atoms with Crippen molar-refractivity contribution in [3.8, 4) is 22.8 Å². The molecule has 1 aliphatic rings. The van der Waals surface area contributed by atoms with Gasteiger partial charge in [-0.2, -0.15) is 5.10 Å². The summed E-state index contributed by atoms with van der Waals surface area (Å²) in [6, 6.07) is 11.1. The minimum Gasteiger partial charge on any atom is -0.490 e. The third kappa shape index (κ3) is 4.56. The van der Waals surface area contributed by atoms with E-state index in [2.05, 4.69) is 10.4 Å². The molecule has 1 N–H and O–H groups in total. The van der Waals surface area contributed by atoms with Crippen LogP contribution in [0.15, 0.2) is 48.7 Å². The molecule has 9 heteroatoms. The van der Waals surface area contributed by atoms with Gasteiger partial charge in [0.25, 0.3) is 5.91 Å². The predicted octanol–water partition coefficient (Wildman–Crippen LogP) is 3.57. The summed E-state index contributed by atoms with van der Waals surface area (Å²) in [5.74, 6) is -0.753. The van der Waals surface area contributed by atoms with Crippen molar-refractivity contribution in [2.45, 2.75) is 19.4 Å². The van der Waals surface area contributed by atoms with Crippen molar-refractivity contribution in [1.82, 2.24) is 9.78 Å². The summed E-state index contributed by atoms with van der Waals surface area (Å²) in [5, 5.41) is 6.79. The van der Waals surface area contributed by atoms with E-state index in [1.54, 1.807) is 31.3 Å². The topological polar surface area (TPSA) is 91.7 Å². The number of para-hydroxylation sites is 1. The number of aryl methyl sites for hydroxylation is 1. The Bertz CT molecular complexity index is 1160. The molecule has 8 nitrogen and oxygen atoms in total. The molecule has 0 radical (unpaired) electrons. The van der Waals surface area contributed by atoms with Gasteiger partial charge in [-0.05, 0) is 37.3 Å². The van der Waals surface area contributed by atoms with Crippen LogP contribution < -0.4 is 14.8 Å². The van der Waals surface area contributed by atoms with E-state index in [0.29, 0.717) is 36.0 Å². The highest BCUT2D eigenvalue weighted by atomic mass is 19.1. The minimum absolute atomic E-state index is 0.00895. The summed E-state index contributed by atoms with van der Waals surface area (Å²) in [4.78, 5) is 25.2. The number of ether oxygens (including phenoxy) is 3. The summed E-state index contributed by atoms with van der Waals surface area (Å²) in [7, 11) is 1.68. The molecular weight excluding hydrogens is 417 g/mol. The number of rotatable bonds is 5. The van der Waals surface area contributed by atoms with E-state index in [0.717, 1.165) is 6.42 Å². The van der Waals surface area contributed by atoms with Gasteiger partial charge in [0.15, 0.2) is 17.6 Å². The number of hydrogen-bond donors (Lipinski definition) is 1. The summed E-state index contributed by atoms with van der Waals surface area (Å²) < 4.78 is 32.0. The van der Waals surface area contributed by atoms with Crippen molar-refractivity contribution in [2.75, 3.05) is 18.5 Å². The molecular formula is C23H22FN3O5. The normalized spacial score (nSPS) is 13.7. The Morgan fingerprint density at radius 1 is 1.16 bits per heavy atom. The van der Waals surface area contributed by atoms with Crippen molar-refractivity contribution in [3.05, 3.63) is 60.0 Å².